The number of hydrogen-bond acceptors (Lipinski definition) is 6. The summed E-state index contributed by atoms with van der Waals surface area (Å²) in [6.45, 7) is 9.90. The van der Waals surface area contributed by atoms with Crippen molar-refractivity contribution in [2.24, 2.45) is 0 Å². The van der Waals surface area contributed by atoms with Crippen LogP contribution in [-0.4, -0.2) is 45.0 Å². The molecule has 192 valence electrons. The van der Waals surface area contributed by atoms with Crippen molar-refractivity contribution >= 4 is 56.9 Å². The van der Waals surface area contributed by atoms with Gasteiger partial charge in [0.25, 0.3) is 11.5 Å². The van der Waals surface area contributed by atoms with Crippen LogP contribution in [0, 0.1) is 0 Å². The van der Waals surface area contributed by atoms with Crippen molar-refractivity contribution in [2.75, 3.05) is 18.0 Å². The molecular weight excluding hydrogens is 502 g/mol. The second-order valence-electron chi connectivity index (χ2n) is 9.63. The van der Waals surface area contributed by atoms with Crippen LogP contribution in [0.15, 0.2) is 64.3 Å². The Morgan fingerprint density at radius 1 is 1.05 bits per heavy atom. The van der Waals surface area contributed by atoms with Crippen LogP contribution >= 0.6 is 24.0 Å². The Morgan fingerprint density at radius 2 is 1.70 bits per heavy atom. The third kappa shape index (κ3) is 4.74. The first kappa shape index (κ1) is 25.7. The van der Waals surface area contributed by atoms with Gasteiger partial charge in [-0.1, -0.05) is 72.5 Å². The molecule has 5 rings (SSSR count). The largest absolute Gasteiger partial charge is 0.372 e. The number of benzene rings is 2. The van der Waals surface area contributed by atoms with Gasteiger partial charge in [-0.15, -0.1) is 0 Å². The maximum Gasteiger partial charge on any atom is 0.266 e. The Balaban J connectivity index is 1.66. The van der Waals surface area contributed by atoms with E-state index in [0.29, 0.717) is 34.4 Å². The molecule has 0 spiro atoms. The Morgan fingerprint density at radius 3 is 2.38 bits per heavy atom. The standard InChI is InChI=1S/C29H31N3O3S2/c1-5-31-24-14-10-9-13-22(24)26(30-16-18(2)35-19(3)17-30)23(27(31)33)15-25-28(34)32(29(36)37-25)20(4)21-11-7-6-8-12-21/h6-15,18-20H,5,16-17H2,1-4H3. The molecule has 3 unspecified atom stereocenters. The second-order valence-corrected chi connectivity index (χ2v) is 11.3. The third-order valence-corrected chi connectivity index (χ3v) is 8.33. The topological polar surface area (TPSA) is 54.8 Å². The Hall–Kier alpha value is -2.94. The SMILES string of the molecule is CCn1c(=O)c(C=C2SC(=S)N(C(C)c3ccccc3)C2=O)c(N2CC(C)OC(C)C2)c2ccccc21. The maximum absolute atomic E-state index is 13.9. The van der Waals surface area contributed by atoms with E-state index in [1.165, 1.54) is 11.8 Å². The molecule has 3 aromatic rings. The number of para-hydroxylation sites is 1. The number of nitrogens with zero attached hydrogens (tertiary/aromatic N) is 3. The predicted octanol–water partition coefficient (Wildman–Crippen LogP) is 5.60. The molecule has 0 N–H and O–H groups in total. The van der Waals surface area contributed by atoms with Crippen LogP contribution in [-0.2, 0) is 16.1 Å². The fraction of sp³-hybridized carbons (Fsp3) is 0.345. The van der Waals surface area contributed by atoms with Gasteiger partial charge < -0.3 is 14.2 Å². The Bertz CT molecular complexity index is 1440. The lowest BCUT2D eigenvalue weighted by Crippen LogP contribution is -2.46. The number of morpholine rings is 1. The first-order valence-electron chi connectivity index (χ1n) is 12.7. The predicted molar refractivity (Wildman–Crippen MR) is 156 cm³/mol. The number of rotatable bonds is 5. The van der Waals surface area contributed by atoms with Gasteiger partial charge in [0.1, 0.15) is 4.32 Å². The van der Waals surface area contributed by atoms with Crippen molar-refractivity contribution in [2.45, 2.75) is 52.5 Å². The number of ether oxygens (including phenoxy) is 1. The molecule has 0 bridgehead atoms. The van der Waals surface area contributed by atoms with Crippen molar-refractivity contribution < 1.29 is 9.53 Å². The number of aryl methyl sites for hydroxylation is 1. The molecule has 3 heterocycles. The Kier molecular flexibility index (Phi) is 7.25. The van der Waals surface area contributed by atoms with E-state index < -0.39 is 0 Å². The van der Waals surface area contributed by atoms with Crippen LogP contribution < -0.4 is 10.5 Å². The molecule has 0 radical (unpaired) electrons. The van der Waals surface area contributed by atoms with Crippen molar-refractivity contribution in [1.82, 2.24) is 9.47 Å². The summed E-state index contributed by atoms with van der Waals surface area (Å²) < 4.78 is 8.27. The molecule has 8 heteroatoms. The summed E-state index contributed by atoms with van der Waals surface area (Å²) in [5.74, 6) is -0.170. The monoisotopic (exact) mass is 533 g/mol. The summed E-state index contributed by atoms with van der Waals surface area (Å²) in [5, 5.41) is 0.990. The second kappa shape index (κ2) is 10.4. The van der Waals surface area contributed by atoms with Gasteiger partial charge in [0.05, 0.1) is 39.9 Å². The lowest BCUT2D eigenvalue weighted by atomic mass is 10.0. The number of anilines is 1. The van der Waals surface area contributed by atoms with E-state index in [2.05, 4.69) is 11.0 Å². The highest BCUT2D eigenvalue weighted by Gasteiger charge is 2.37. The van der Waals surface area contributed by atoms with E-state index in [1.54, 1.807) is 15.5 Å². The molecule has 2 fully saturated rings. The fourth-order valence-corrected chi connectivity index (χ4v) is 6.78. The molecule has 0 saturated carbocycles. The lowest BCUT2D eigenvalue weighted by molar-refractivity contribution is -0.123. The number of carbonyl (C=O) groups is 1. The molecule has 2 saturated heterocycles. The number of hydrogen-bond donors (Lipinski definition) is 0. The van der Waals surface area contributed by atoms with Crippen molar-refractivity contribution in [3.63, 3.8) is 0 Å². The summed E-state index contributed by atoms with van der Waals surface area (Å²) in [6, 6.07) is 17.6. The number of amides is 1. The van der Waals surface area contributed by atoms with Crippen molar-refractivity contribution in [1.29, 1.82) is 0 Å². The summed E-state index contributed by atoms with van der Waals surface area (Å²) in [4.78, 5) is 32.0. The average Bonchev–Trinajstić information content (AvgIpc) is 3.16. The van der Waals surface area contributed by atoms with E-state index >= 15 is 0 Å². The summed E-state index contributed by atoms with van der Waals surface area (Å²) in [7, 11) is 0. The van der Waals surface area contributed by atoms with Gasteiger partial charge in [-0.3, -0.25) is 14.5 Å². The first-order valence-corrected chi connectivity index (χ1v) is 13.9. The molecule has 3 atom stereocenters. The zero-order valence-electron chi connectivity index (χ0n) is 21.5. The minimum Gasteiger partial charge on any atom is -0.372 e. The minimum atomic E-state index is -0.205. The van der Waals surface area contributed by atoms with E-state index in [0.717, 1.165) is 22.2 Å². The number of aromatic nitrogens is 1. The zero-order chi connectivity index (χ0) is 26.3. The zero-order valence-corrected chi connectivity index (χ0v) is 23.1. The minimum absolute atomic E-state index is 0.0221. The highest BCUT2D eigenvalue weighted by molar-refractivity contribution is 8.26. The molecule has 1 aromatic heterocycles. The highest BCUT2D eigenvalue weighted by Crippen LogP contribution is 2.40. The quantitative estimate of drug-likeness (QED) is 0.315. The van der Waals surface area contributed by atoms with Crippen LogP contribution in [0.5, 0.6) is 0 Å². The number of thioether (sulfide) groups is 1. The van der Waals surface area contributed by atoms with Crippen LogP contribution in [0.4, 0.5) is 5.69 Å². The molecule has 1 amide bonds. The van der Waals surface area contributed by atoms with Gasteiger partial charge >= 0.3 is 0 Å². The van der Waals surface area contributed by atoms with E-state index in [-0.39, 0.29) is 29.7 Å². The van der Waals surface area contributed by atoms with E-state index in [9.17, 15) is 9.59 Å². The normalized spacial score (nSPS) is 22.3. The highest BCUT2D eigenvalue weighted by atomic mass is 32.2. The molecule has 6 nitrogen and oxygen atoms in total. The summed E-state index contributed by atoms with van der Waals surface area (Å²) in [6.07, 6.45) is 1.81. The molecule has 0 aliphatic carbocycles. The van der Waals surface area contributed by atoms with Crippen LogP contribution in [0.2, 0.25) is 0 Å². The van der Waals surface area contributed by atoms with Crippen LogP contribution in [0.1, 0.15) is 44.9 Å². The van der Waals surface area contributed by atoms with Crippen molar-refractivity contribution in [3.8, 4) is 0 Å². The van der Waals surface area contributed by atoms with Gasteiger partial charge in [-0.2, -0.15) is 0 Å². The van der Waals surface area contributed by atoms with Crippen molar-refractivity contribution in [3.05, 3.63) is 81.0 Å². The lowest BCUT2D eigenvalue weighted by Gasteiger charge is -2.38. The van der Waals surface area contributed by atoms with E-state index in [1.807, 2.05) is 76.2 Å². The molecule has 2 aliphatic heterocycles. The van der Waals surface area contributed by atoms with Gasteiger partial charge in [-0.05, 0) is 45.4 Å². The molecular formula is C29H31N3O3S2. The molecule has 37 heavy (non-hydrogen) atoms. The number of thiocarbonyl (C=S) groups is 1. The number of carbonyl (C=O) groups excluding carboxylic acids is 1. The molecule has 2 aliphatic rings. The van der Waals surface area contributed by atoms with Gasteiger partial charge in [0, 0.05) is 25.0 Å². The number of pyridine rings is 1. The van der Waals surface area contributed by atoms with E-state index in [4.69, 9.17) is 17.0 Å². The number of fused-ring (bicyclic) bond motifs is 1. The maximum atomic E-state index is 13.9. The summed E-state index contributed by atoms with van der Waals surface area (Å²) in [5.41, 5.74) is 3.17. The van der Waals surface area contributed by atoms with Gasteiger partial charge in [0.15, 0.2) is 0 Å². The van der Waals surface area contributed by atoms with Gasteiger partial charge in [0.2, 0.25) is 0 Å². The van der Waals surface area contributed by atoms with Crippen LogP contribution in [0.25, 0.3) is 17.0 Å². The smallest absolute Gasteiger partial charge is 0.266 e. The van der Waals surface area contributed by atoms with Gasteiger partial charge in [-0.25, -0.2) is 0 Å². The summed E-state index contributed by atoms with van der Waals surface area (Å²) >= 11 is 6.91. The van der Waals surface area contributed by atoms with Crippen LogP contribution in [0.3, 0.4) is 0 Å². The molecule has 2 aromatic carbocycles. The fourth-order valence-electron chi connectivity index (χ4n) is 5.38. The third-order valence-electron chi connectivity index (χ3n) is 7.00. The average molecular weight is 534 g/mol. The Labute approximate surface area is 226 Å². The first-order chi connectivity index (χ1) is 17.8.